The van der Waals surface area contributed by atoms with Crippen molar-refractivity contribution in [3.05, 3.63) is 72.4 Å². The van der Waals surface area contributed by atoms with Crippen molar-refractivity contribution >= 4 is 27.7 Å². The minimum absolute atomic E-state index is 0.224. The molecule has 1 fully saturated rings. The van der Waals surface area contributed by atoms with E-state index in [1.165, 1.54) is 0 Å². The minimum atomic E-state index is -3.55. The first-order valence-corrected chi connectivity index (χ1v) is 14.3. The molecule has 0 amide bonds. The lowest BCUT2D eigenvalue weighted by Crippen LogP contribution is -2.36. The summed E-state index contributed by atoms with van der Waals surface area (Å²) in [4.78, 5) is 13.6. The zero-order chi connectivity index (χ0) is 26.8. The van der Waals surface area contributed by atoms with E-state index in [1.54, 1.807) is 30.5 Å². The number of rotatable bonds is 12. The van der Waals surface area contributed by atoms with Crippen LogP contribution in [0, 0.1) is 0 Å². The first-order chi connectivity index (χ1) is 18.4. The molecular formula is C28H36N6O3S. The highest BCUT2D eigenvalue weighted by Crippen LogP contribution is 2.21. The Bertz CT molecular complexity index is 1290. The van der Waals surface area contributed by atoms with Crippen molar-refractivity contribution in [1.82, 2.24) is 24.5 Å². The molecule has 9 nitrogen and oxygen atoms in total. The Morgan fingerprint density at radius 2 is 1.76 bits per heavy atom. The molecule has 202 valence electrons. The molecular weight excluding hydrogens is 500 g/mol. The average molecular weight is 537 g/mol. The van der Waals surface area contributed by atoms with Crippen molar-refractivity contribution in [2.45, 2.75) is 11.3 Å². The number of morpholine rings is 1. The smallest absolute Gasteiger partial charge is 0.240 e. The molecule has 1 aliphatic rings. The predicted molar refractivity (Wildman–Crippen MR) is 152 cm³/mol. The molecule has 2 N–H and O–H groups in total. The van der Waals surface area contributed by atoms with Crippen molar-refractivity contribution in [2.75, 3.05) is 65.3 Å². The Kier molecular flexibility index (Phi) is 9.97. The molecule has 0 bridgehead atoms. The first kappa shape index (κ1) is 27.9. The van der Waals surface area contributed by atoms with E-state index in [4.69, 9.17) is 4.74 Å². The summed E-state index contributed by atoms with van der Waals surface area (Å²) < 4.78 is 33.1. The molecule has 0 radical (unpaired) electrons. The highest BCUT2D eigenvalue weighted by Gasteiger charge is 2.13. The van der Waals surface area contributed by atoms with E-state index in [-0.39, 0.29) is 4.90 Å². The Morgan fingerprint density at radius 1 is 1.03 bits per heavy atom. The zero-order valence-corrected chi connectivity index (χ0v) is 22.8. The maximum absolute atomic E-state index is 12.5. The van der Waals surface area contributed by atoms with Crippen LogP contribution in [0.4, 0.5) is 11.6 Å². The normalized spacial score (nSPS) is 14.8. The zero-order valence-electron chi connectivity index (χ0n) is 22.0. The fourth-order valence-corrected chi connectivity index (χ4v) is 5.07. The van der Waals surface area contributed by atoms with Crippen molar-refractivity contribution in [3.8, 4) is 11.3 Å². The number of hydrogen-bond donors (Lipinski definition) is 2. The fraction of sp³-hybridized carbons (Fsp3) is 0.357. The number of ether oxygens (including phenoxy) is 1. The molecule has 0 aliphatic carbocycles. The molecule has 3 aromatic rings. The topological polar surface area (TPSA) is 99.7 Å². The molecule has 2 heterocycles. The van der Waals surface area contributed by atoms with Gasteiger partial charge in [-0.3, -0.25) is 4.90 Å². The summed E-state index contributed by atoms with van der Waals surface area (Å²) in [5.74, 6) is 0.439. The second-order valence-electron chi connectivity index (χ2n) is 9.41. The van der Waals surface area contributed by atoms with Gasteiger partial charge < -0.3 is 15.0 Å². The second-order valence-corrected chi connectivity index (χ2v) is 11.2. The van der Waals surface area contributed by atoms with Crippen LogP contribution in [-0.2, 0) is 14.8 Å². The largest absolute Gasteiger partial charge is 0.379 e. The number of nitrogens with zero attached hydrogens (tertiary/aromatic N) is 4. The van der Waals surface area contributed by atoms with Crippen LogP contribution < -0.4 is 10.0 Å². The first-order valence-electron chi connectivity index (χ1n) is 12.8. The van der Waals surface area contributed by atoms with Gasteiger partial charge in [0.1, 0.15) is 0 Å². The van der Waals surface area contributed by atoms with Crippen LogP contribution >= 0.6 is 0 Å². The van der Waals surface area contributed by atoms with Gasteiger partial charge in [0.2, 0.25) is 16.0 Å². The molecule has 38 heavy (non-hydrogen) atoms. The Balaban J connectivity index is 1.33. The average Bonchev–Trinajstić information content (AvgIpc) is 2.93. The molecule has 1 aliphatic heterocycles. The van der Waals surface area contributed by atoms with Crippen LogP contribution in [0.25, 0.3) is 17.3 Å². The summed E-state index contributed by atoms with van der Waals surface area (Å²) in [5, 5.41) is 3.16. The van der Waals surface area contributed by atoms with Gasteiger partial charge in [-0.1, -0.05) is 36.4 Å². The number of anilines is 2. The van der Waals surface area contributed by atoms with Gasteiger partial charge in [0.25, 0.3) is 0 Å². The molecule has 0 saturated carbocycles. The van der Waals surface area contributed by atoms with Gasteiger partial charge in [0.05, 0.1) is 23.8 Å². The van der Waals surface area contributed by atoms with Gasteiger partial charge in [-0.05, 0) is 63.0 Å². The fourth-order valence-electron chi connectivity index (χ4n) is 4.00. The van der Waals surface area contributed by atoms with Crippen molar-refractivity contribution in [3.63, 3.8) is 0 Å². The molecule has 4 rings (SSSR count). The Hall–Kier alpha value is -3.15. The molecule has 1 aromatic heterocycles. The molecule has 1 saturated heterocycles. The van der Waals surface area contributed by atoms with E-state index in [0.717, 1.165) is 62.6 Å². The highest BCUT2D eigenvalue weighted by atomic mass is 32.2. The summed E-state index contributed by atoms with van der Waals surface area (Å²) >= 11 is 0. The SMILES string of the molecule is CN(C)CCCNS(=O)(=O)c1ccc(Nc2nccc(-c3ccc(/C=C/CN4CCOCC4)cc3)n2)cc1. The second kappa shape index (κ2) is 13.6. The van der Waals surface area contributed by atoms with E-state index >= 15 is 0 Å². The van der Waals surface area contributed by atoms with Crippen LogP contribution in [0.3, 0.4) is 0 Å². The van der Waals surface area contributed by atoms with Gasteiger partial charge in [-0.15, -0.1) is 0 Å². The maximum Gasteiger partial charge on any atom is 0.240 e. The molecule has 0 spiro atoms. The number of benzene rings is 2. The van der Waals surface area contributed by atoms with E-state index in [2.05, 4.69) is 49.2 Å². The lowest BCUT2D eigenvalue weighted by Gasteiger charge is -2.25. The van der Waals surface area contributed by atoms with Crippen molar-refractivity contribution in [1.29, 1.82) is 0 Å². The molecule has 0 unspecified atom stereocenters. The predicted octanol–water partition coefficient (Wildman–Crippen LogP) is 3.46. The highest BCUT2D eigenvalue weighted by molar-refractivity contribution is 7.89. The van der Waals surface area contributed by atoms with Crippen LogP contribution in [0.15, 0.2) is 71.8 Å². The third kappa shape index (κ3) is 8.44. The minimum Gasteiger partial charge on any atom is -0.379 e. The van der Waals surface area contributed by atoms with E-state index in [9.17, 15) is 8.42 Å². The van der Waals surface area contributed by atoms with Gasteiger partial charge in [-0.2, -0.15) is 0 Å². The summed E-state index contributed by atoms with van der Waals surface area (Å²) in [6.07, 6.45) is 6.77. The molecule has 2 aromatic carbocycles. The molecule has 10 heteroatoms. The van der Waals surface area contributed by atoms with Gasteiger partial charge in [0.15, 0.2) is 0 Å². The van der Waals surface area contributed by atoms with Gasteiger partial charge in [-0.25, -0.2) is 23.1 Å². The van der Waals surface area contributed by atoms with Crippen molar-refractivity contribution < 1.29 is 13.2 Å². The number of sulfonamides is 1. The number of hydrogen-bond acceptors (Lipinski definition) is 8. The monoisotopic (exact) mass is 536 g/mol. The van der Waals surface area contributed by atoms with Gasteiger partial charge >= 0.3 is 0 Å². The maximum atomic E-state index is 12.5. The third-order valence-electron chi connectivity index (χ3n) is 6.13. The van der Waals surface area contributed by atoms with E-state index in [1.807, 2.05) is 37.2 Å². The number of aromatic nitrogens is 2. The van der Waals surface area contributed by atoms with Gasteiger partial charge in [0, 0.05) is 43.6 Å². The lowest BCUT2D eigenvalue weighted by atomic mass is 10.1. The summed E-state index contributed by atoms with van der Waals surface area (Å²) in [5.41, 5.74) is 3.63. The molecule has 0 atom stereocenters. The Labute approximate surface area is 225 Å². The lowest BCUT2D eigenvalue weighted by molar-refractivity contribution is 0.0435. The summed E-state index contributed by atoms with van der Waals surface area (Å²) in [6.45, 7) is 5.71. The summed E-state index contributed by atoms with van der Waals surface area (Å²) in [7, 11) is 0.376. The van der Waals surface area contributed by atoms with E-state index < -0.39 is 10.0 Å². The summed E-state index contributed by atoms with van der Waals surface area (Å²) in [6, 6.07) is 16.7. The van der Waals surface area contributed by atoms with Crippen LogP contribution in [0.2, 0.25) is 0 Å². The van der Waals surface area contributed by atoms with Crippen LogP contribution in [0.5, 0.6) is 0 Å². The van der Waals surface area contributed by atoms with Crippen LogP contribution in [0.1, 0.15) is 12.0 Å². The standard InChI is InChI=1S/C28H36N6O3S/c1-33(2)17-4-15-30-38(35,36)26-12-10-25(11-13-26)31-28-29-16-14-27(32-28)24-8-6-23(7-9-24)5-3-18-34-19-21-37-22-20-34/h3,5-14,16,30H,4,15,17-22H2,1-2H3,(H,29,31,32)/b5-3+. The third-order valence-corrected chi connectivity index (χ3v) is 7.61. The Morgan fingerprint density at radius 3 is 2.47 bits per heavy atom. The quantitative estimate of drug-likeness (QED) is 0.340. The van der Waals surface area contributed by atoms with Crippen molar-refractivity contribution in [2.24, 2.45) is 0 Å². The van der Waals surface area contributed by atoms with E-state index in [0.29, 0.717) is 18.2 Å². The number of nitrogens with one attached hydrogen (secondary N) is 2. The van der Waals surface area contributed by atoms with Crippen LogP contribution in [-0.4, -0.2) is 88.2 Å².